The zero-order chi connectivity index (χ0) is 0. The summed E-state index contributed by atoms with van der Waals surface area (Å²) in [5.74, 6) is 0. The molecule has 18 heteroatoms. The maximum absolute atomic E-state index is 0. The van der Waals surface area contributed by atoms with E-state index >= 15 is 0 Å². The largest absolute Gasteiger partial charge is 0.412 e. The molecule has 0 spiro atoms. The Morgan fingerprint density at radius 1 is 0.278 bits per heavy atom. The molecule has 0 atom stereocenters. The second-order valence-corrected chi connectivity index (χ2v) is 0. The third-order valence-electron chi connectivity index (χ3n) is 0. The number of hydrogen-bond acceptors (Lipinski definition) is 0. The molecule has 0 aliphatic carbocycles. The third-order valence-corrected chi connectivity index (χ3v) is 0. The molecular formula is H22CoCr2Mo2Ni2O11. The van der Waals surface area contributed by atoms with Crippen LogP contribution < -0.4 is 0 Å². The zero-order valence-electron chi connectivity index (χ0n) is 8.10. The molecule has 0 unspecified atom stereocenters. The summed E-state index contributed by atoms with van der Waals surface area (Å²) in [4.78, 5) is 0. The second-order valence-electron chi connectivity index (χ2n) is 0. The topological polar surface area (TPSA) is 346 Å². The molecule has 0 rings (SSSR count). The van der Waals surface area contributed by atoms with Crippen LogP contribution in [0.25, 0.3) is 0 Å². The number of rotatable bonds is 0. The fourth-order valence-corrected chi connectivity index (χ4v) is 0. The summed E-state index contributed by atoms with van der Waals surface area (Å²) < 4.78 is 0. The van der Waals surface area contributed by atoms with Gasteiger partial charge in [0, 0.05) is 127 Å². The Morgan fingerprint density at radius 2 is 0.278 bits per heavy atom. The second kappa shape index (κ2) is 638. The van der Waals surface area contributed by atoms with Crippen molar-refractivity contribution in [3.8, 4) is 0 Å². The summed E-state index contributed by atoms with van der Waals surface area (Å²) in [6, 6.07) is 0. The fourth-order valence-electron chi connectivity index (χ4n) is 0. The smallest absolute Gasteiger partial charge is 0 e. The normalized spacial score (nSPS) is 0. The van der Waals surface area contributed by atoms with Crippen molar-refractivity contribution in [2.24, 2.45) is 0 Å². The van der Waals surface area contributed by atoms with Gasteiger partial charge in [-0.3, -0.25) is 0 Å². The van der Waals surface area contributed by atoms with Gasteiger partial charge in [-0.15, -0.1) is 0 Å². The summed E-state index contributed by atoms with van der Waals surface area (Å²) in [5.41, 5.74) is 0. The average molecular weight is 670 g/mol. The minimum atomic E-state index is 0. The molecule has 0 amide bonds. The van der Waals surface area contributed by atoms with Crippen LogP contribution in [0.15, 0.2) is 0 Å². The molecule has 11 nitrogen and oxygen atoms in total. The molecule has 141 valence electrons. The van der Waals surface area contributed by atoms with Gasteiger partial charge in [0.1, 0.15) is 0 Å². The van der Waals surface area contributed by atoms with Gasteiger partial charge >= 0.3 is 0 Å². The summed E-state index contributed by atoms with van der Waals surface area (Å²) in [6.07, 6.45) is 0. The van der Waals surface area contributed by atoms with Crippen LogP contribution in [0.4, 0.5) is 0 Å². The molecular weight excluding hydrogens is 648 g/mol. The monoisotopic (exact) mass is 673 g/mol. The van der Waals surface area contributed by atoms with E-state index in [1.807, 2.05) is 0 Å². The van der Waals surface area contributed by atoms with Gasteiger partial charge in [-0.1, -0.05) is 0 Å². The molecule has 0 bridgehead atoms. The summed E-state index contributed by atoms with van der Waals surface area (Å²) in [5, 5.41) is 0. The van der Waals surface area contributed by atoms with Gasteiger partial charge in [-0.05, 0) is 0 Å². The summed E-state index contributed by atoms with van der Waals surface area (Å²) in [7, 11) is 0. The molecule has 0 aliphatic heterocycles. The van der Waals surface area contributed by atoms with Crippen molar-refractivity contribution in [1.82, 2.24) is 0 Å². The van der Waals surface area contributed by atoms with Gasteiger partial charge in [0.2, 0.25) is 0 Å². The maximum Gasteiger partial charge on any atom is 0 e. The van der Waals surface area contributed by atoms with Crippen LogP contribution in [0.5, 0.6) is 0 Å². The van der Waals surface area contributed by atoms with Crippen LogP contribution in [-0.4, -0.2) is 60.2 Å². The van der Waals surface area contributed by atoms with E-state index in [9.17, 15) is 0 Å². The van der Waals surface area contributed by atoms with E-state index in [0.717, 1.165) is 0 Å². The van der Waals surface area contributed by atoms with E-state index in [1.165, 1.54) is 0 Å². The predicted octanol–water partition coefficient (Wildman–Crippen LogP) is -9.09. The molecule has 1 radical (unpaired) electrons. The molecule has 18 heavy (non-hydrogen) atoms. The van der Waals surface area contributed by atoms with Gasteiger partial charge in [0.05, 0.1) is 0 Å². The fraction of sp³-hybridized carbons (Fsp3) is 0. The maximum atomic E-state index is 0. The Labute approximate surface area is 185 Å². The molecule has 0 heterocycles. The minimum Gasteiger partial charge on any atom is -0.412 e. The van der Waals surface area contributed by atoms with E-state index in [-0.39, 0.29) is 187 Å². The standard InChI is InChI=1S/Co.2Cr.2Mo.2Ni.11H2O/h;;;;;;;11*1H2. The Morgan fingerprint density at radius 3 is 0.278 bits per heavy atom. The summed E-state index contributed by atoms with van der Waals surface area (Å²) in [6.45, 7) is 0. The molecule has 0 aromatic rings. The molecule has 0 aromatic carbocycles. The van der Waals surface area contributed by atoms with Crippen LogP contribution >= 0.6 is 0 Å². The Kier molecular flexibility index (Phi) is 26200. The molecule has 0 saturated carbocycles. The van der Waals surface area contributed by atoms with Crippen molar-refractivity contribution < 1.29 is 187 Å². The van der Waals surface area contributed by atoms with Crippen molar-refractivity contribution in [2.75, 3.05) is 0 Å². The minimum absolute atomic E-state index is 0. The van der Waals surface area contributed by atoms with Gasteiger partial charge in [0.25, 0.3) is 0 Å². The van der Waals surface area contributed by atoms with Crippen molar-refractivity contribution in [1.29, 1.82) is 0 Å². The quantitative estimate of drug-likeness (QED) is 0.217. The average Bonchev–Trinajstić information content (AvgIpc) is 0. The van der Waals surface area contributed by atoms with Crippen molar-refractivity contribution in [3.63, 3.8) is 0 Å². The zero-order valence-corrected chi connectivity index (χ0v) is 17.7. The molecule has 0 aromatic heterocycles. The van der Waals surface area contributed by atoms with E-state index < -0.39 is 0 Å². The molecule has 0 fully saturated rings. The van der Waals surface area contributed by atoms with Crippen LogP contribution in [0.2, 0.25) is 0 Å². The first-order valence-electron chi connectivity index (χ1n) is 0. The van der Waals surface area contributed by atoms with Crippen LogP contribution in [0, 0.1) is 0 Å². The van der Waals surface area contributed by atoms with Crippen LogP contribution in [0.3, 0.4) is 0 Å². The first kappa shape index (κ1) is 739. The van der Waals surface area contributed by atoms with Crippen molar-refractivity contribution in [2.45, 2.75) is 0 Å². The van der Waals surface area contributed by atoms with Gasteiger partial charge in [0.15, 0.2) is 0 Å². The van der Waals surface area contributed by atoms with Crippen molar-refractivity contribution in [3.05, 3.63) is 0 Å². The van der Waals surface area contributed by atoms with Crippen molar-refractivity contribution >= 4 is 0 Å². The SMILES string of the molecule is O.O.O.O.O.O.O.O.O.O.O.[Co].[Cr].[Cr].[Mo].[Mo].[Ni].[Ni]. The third kappa shape index (κ3) is 546. The van der Waals surface area contributed by atoms with Gasteiger partial charge < -0.3 is 60.2 Å². The molecule has 22 N–H and O–H groups in total. The first-order chi connectivity index (χ1) is 0. The Bertz CT molecular complexity index is 31.0. The summed E-state index contributed by atoms with van der Waals surface area (Å²) >= 11 is 0. The van der Waals surface area contributed by atoms with E-state index in [4.69, 9.17) is 0 Å². The van der Waals surface area contributed by atoms with Gasteiger partial charge in [-0.2, -0.15) is 0 Å². The Hall–Kier alpha value is 3.50. The molecule has 0 aliphatic rings. The van der Waals surface area contributed by atoms with E-state index in [0.29, 0.717) is 0 Å². The van der Waals surface area contributed by atoms with E-state index in [1.54, 1.807) is 0 Å². The number of hydrogen-bond donors (Lipinski definition) is 0. The van der Waals surface area contributed by atoms with Gasteiger partial charge in [-0.25, -0.2) is 0 Å². The Balaban J connectivity index is 0. The van der Waals surface area contributed by atoms with Crippen LogP contribution in [-0.2, 0) is 127 Å². The first-order valence-corrected chi connectivity index (χ1v) is 0. The predicted molar refractivity (Wildman–Crippen MR) is 39.8 cm³/mol. The van der Waals surface area contributed by atoms with E-state index in [2.05, 4.69) is 0 Å². The van der Waals surface area contributed by atoms with Crippen LogP contribution in [0.1, 0.15) is 0 Å². The molecule has 0 saturated heterocycles.